The molecule has 0 spiro atoms. The smallest absolute Gasteiger partial charge is 0.422 e. The summed E-state index contributed by atoms with van der Waals surface area (Å²) in [5, 5.41) is 6.56. The number of guanidine groups is 1. The average molecular weight is 577 g/mol. The van der Waals surface area contributed by atoms with Crippen molar-refractivity contribution >= 4 is 35.6 Å². The van der Waals surface area contributed by atoms with E-state index < -0.39 is 12.8 Å². The zero-order valence-electron chi connectivity index (χ0n) is 18.9. The van der Waals surface area contributed by atoms with E-state index in [-0.39, 0.29) is 42.4 Å². The third kappa shape index (κ3) is 8.56. The van der Waals surface area contributed by atoms with Gasteiger partial charge in [-0.2, -0.15) is 13.2 Å². The monoisotopic (exact) mass is 577 g/mol. The molecule has 2 aromatic rings. The molecule has 0 bridgehead atoms. The van der Waals surface area contributed by atoms with Gasteiger partial charge in [0.1, 0.15) is 0 Å². The number of hydrogen-bond acceptors (Lipinski definition) is 4. The molecule has 1 fully saturated rings. The Labute approximate surface area is 210 Å². The number of aliphatic imine (C=N–C) groups is 1. The number of anilines is 1. The van der Waals surface area contributed by atoms with Crippen molar-refractivity contribution in [2.75, 3.05) is 31.1 Å². The van der Waals surface area contributed by atoms with Crippen molar-refractivity contribution in [3.63, 3.8) is 0 Å². The Balaban J connectivity index is 0.00000385. The molecule has 1 atom stereocenters. The number of ether oxygens (including phenoxy) is 1. The molecule has 1 unspecified atom stereocenters. The fourth-order valence-electron chi connectivity index (χ4n) is 3.56. The van der Waals surface area contributed by atoms with Crippen LogP contribution in [-0.2, 0) is 6.54 Å². The predicted octanol–water partition coefficient (Wildman–Crippen LogP) is 5.06. The second-order valence-corrected chi connectivity index (χ2v) is 7.72. The van der Waals surface area contributed by atoms with Crippen LogP contribution in [0.2, 0.25) is 0 Å². The number of benzene rings is 1. The molecule has 2 heterocycles. The number of pyridine rings is 1. The van der Waals surface area contributed by atoms with Gasteiger partial charge >= 0.3 is 6.18 Å². The van der Waals surface area contributed by atoms with E-state index in [1.807, 2.05) is 6.92 Å². The topological polar surface area (TPSA) is 61.8 Å². The number of hydrogen-bond donors (Lipinski definition) is 2. The van der Waals surface area contributed by atoms with E-state index in [0.717, 1.165) is 18.7 Å². The summed E-state index contributed by atoms with van der Waals surface area (Å²) in [6, 6.07) is 11.8. The summed E-state index contributed by atoms with van der Waals surface area (Å²) >= 11 is 0. The average Bonchev–Trinajstić information content (AvgIpc) is 3.31. The van der Waals surface area contributed by atoms with E-state index in [1.165, 1.54) is 24.7 Å². The third-order valence-corrected chi connectivity index (χ3v) is 5.17. The van der Waals surface area contributed by atoms with Crippen LogP contribution >= 0.6 is 24.0 Å². The Kier molecular flexibility index (Phi) is 10.5. The van der Waals surface area contributed by atoms with Gasteiger partial charge in [-0.3, -0.25) is 0 Å². The lowest BCUT2D eigenvalue weighted by molar-refractivity contribution is -0.154. The van der Waals surface area contributed by atoms with Gasteiger partial charge in [0.2, 0.25) is 5.88 Å². The largest absolute Gasteiger partial charge is 0.468 e. The number of nitrogens with zero attached hydrogens (tertiary/aromatic N) is 3. The predicted molar refractivity (Wildman–Crippen MR) is 135 cm³/mol. The minimum absolute atomic E-state index is 0. The molecule has 1 aliphatic rings. The highest BCUT2D eigenvalue weighted by Crippen LogP contribution is 2.24. The van der Waals surface area contributed by atoms with Crippen molar-refractivity contribution in [3.05, 3.63) is 53.7 Å². The Bertz CT molecular complexity index is 904. The summed E-state index contributed by atoms with van der Waals surface area (Å²) in [7, 11) is 0. The maximum atomic E-state index is 12.5. The Morgan fingerprint density at radius 1 is 1.21 bits per heavy atom. The fourth-order valence-corrected chi connectivity index (χ4v) is 3.56. The van der Waals surface area contributed by atoms with Crippen molar-refractivity contribution in [1.29, 1.82) is 0 Å². The molecule has 1 saturated heterocycles. The van der Waals surface area contributed by atoms with Gasteiger partial charge in [0.15, 0.2) is 12.6 Å². The maximum Gasteiger partial charge on any atom is 0.422 e. The summed E-state index contributed by atoms with van der Waals surface area (Å²) in [5.41, 5.74) is 2.84. The first-order valence-corrected chi connectivity index (χ1v) is 10.9. The molecule has 33 heavy (non-hydrogen) atoms. The molecule has 182 valence electrons. The van der Waals surface area contributed by atoms with E-state index in [0.29, 0.717) is 18.1 Å². The fraction of sp³-hybridized carbons (Fsp3) is 0.478. The first kappa shape index (κ1) is 27.0. The van der Waals surface area contributed by atoms with Crippen molar-refractivity contribution in [1.82, 2.24) is 15.6 Å². The number of halogens is 4. The van der Waals surface area contributed by atoms with Crippen LogP contribution in [0.5, 0.6) is 5.88 Å². The number of rotatable bonds is 8. The summed E-state index contributed by atoms with van der Waals surface area (Å²) < 4.78 is 42.4. The molecule has 0 aliphatic carbocycles. The SMILES string of the molecule is CCNC(=NCc1cccnc1OCC(F)(F)F)NC(C)c1cccc(N2CCCC2)c1.I. The lowest BCUT2D eigenvalue weighted by Crippen LogP contribution is -2.38. The van der Waals surface area contributed by atoms with Crippen LogP contribution in [-0.4, -0.2) is 43.4 Å². The minimum atomic E-state index is -4.42. The zero-order valence-corrected chi connectivity index (χ0v) is 21.2. The van der Waals surface area contributed by atoms with Crippen molar-refractivity contribution in [2.45, 2.75) is 45.5 Å². The molecule has 0 saturated carbocycles. The molecule has 0 amide bonds. The van der Waals surface area contributed by atoms with Gasteiger partial charge in [0.05, 0.1) is 12.6 Å². The number of alkyl halides is 3. The molecular weight excluding hydrogens is 546 g/mol. The highest BCUT2D eigenvalue weighted by molar-refractivity contribution is 14.0. The van der Waals surface area contributed by atoms with Gasteiger partial charge in [-0.15, -0.1) is 24.0 Å². The molecule has 0 radical (unpaired) electrons. The van der Waals surface area contributed by atoms with Crippen LogP contribution in [0, 0.1) is 0 Å². The highest BCUT2D eigenvalue weighted by Gasteiger charge is 2.29. The molecule has 3 rings (SSSR count). The molecule has 1 aromatic heterocycles. The van der Waals surface area contributed by atoms with E-state index in [1.54, 1.807) is 12.1 Å². The van der Waals surface area contributed by atoms with Gasteiger partial charge in [0, 0.05) is 37.1 Å². The number of nitrogens with one attached hydrogen (secondary N) is 2. The second-order valence-electron chi connectivity index (χ2n) is 7.72. The van der Waals surface area contributed by atoms with E-state index in [9.17, 15) is 13.2 Å². The van der Waals surface area contributed by atoms with E-state index >= 15 is 0 Å². The Morgan fingerprint density at radius 2 is 1.97 bits per heavy atom. The molecule has 1 aromatic carbocycles. The van der Waals surface area contributed by atoms with Crippen LogP contribution in [0.1, 0.15) is 43.9 Å². The second kappa shape index (κ2) is 12.9. The first-order valence-electron chi connectivity index (χ1n) is 10.9. The van der Waals surface area contributed by atoms with E-state index in [2.05, 4.69) is 56.7 Å². The summed E-state index contributed by atoms with van der Waals surface area (Å²) in [4.78, 5) is 10.9. The van der Waals surface area contributed by atoms with Gasteiger partial charge < -0.3 is 20.3 Å². The minimum Gasteiger partial charge on any atom is -0.468 e. The summed E-state index contributed by atoms with van der Waals surface area (Å²) in [6.45, 7) is 5.57. The van der Waals surface area contributed by atoms with Gasteiger partial charge in [-0.25, -0.2) is 9.98 Å². The van der Waals surface area contributed by atoms with Crippen LogP contribution in [0.3, 0.4) is 0 Å². The van der Waals surface area contributed by atoms with Crippen LogP contribution < -0.4 is 20.3 Å². The molecule has 1 aliphatic heterocycles. The Hall–Kier alpha value is -2.24. The van der Waals surface area contributed by atoms with Gasteiger partial charge in [-0.1, -0.05) is 18.2 Å². The molecule has 10 heteroatoms. The van der Waals surface area contributed by atoms with Crippen molar-refractivity contribution < 1.29 is 17.9 Å². The first-order chi connectivity index (χ1) is 15.4. The van der Waals surface area contributed by atoms with Crippen molar-refractivity contribution in [3.8, 4) is 5.88 Å². The lowest BCUT2D eigenvalue weighted by Gasteiger charge is -2.22. The van der Waals surface area contributed by atoms with Gasteiger partial charge in [-0.05, 0) is 50.5 Å². The van der Waals surface area contributed by atoms with E-state index in [4.69, 9.17) is 4.74 Å². The maximum absolute atomic E-state index is 12.5. The standard InChI is InChI=1S/C23H30F3N5O.HI/c1-3-27-22(29-15-19-9-7-11-28-21(19)32-16-23(24,25)26)30-17(2)18-8-6-10-20(14-18)31-12-4-5-13-31;/h6-11,14,17H,3-5,12-13,15-16H2,1-2H3,(H2,27,29,30);1H. The van der Waals surface area contributed by atoms with Gasteiger partial charge in [0.25, 0.3) is 0 Å². The highest BCUT2D eigenvalue weighted by atomic mass is 127. The number of aromatic nitrogens is 1. The third-order valence-electron chi connectivity index (χ3n) is 5.17. The zero-order chi connectivity index (χ0) is 23.0. The molecular formula is C23H31F3IN5O. The van der Waals surface area contributed by atoms with Crippen LogP contribution in [0.4, 0.5) is 18.9 Å². The van der Waals surface area contributed by atoms with Crippen molar-refractivity contribution in [2.24, 2.45) is 4.99 Å². The van der Waals surface area contributed by atoms with Crippen LogP contribution in [0.25, 0.3) is 0 Å². The summed E-state index contributed by atoms with van der Waals surface area (Å²) in [5.74, 6) is 0.507. The lowest BCUT2D eigenvalue weighted by atomic mass is 10.1. The molecule has 2 N–H and O–H groups in total. The molecule has 6 nitrogen and oxygen atoms in total. The summed E-state index contributed by atoms with van der Waals surface area (Å²) in [6.07, 6.45) is -0.581. The normalized spacial score (nSPS) is 15.1. The van der Waals surface area contributed by atoms with Crippen LogP contribution in [0.15, 0.2) is 47.6 Å². The quantitative estimate of drug-likeness (QED) is 0.261. The Morgan fingerprint density at radius 3 is 2.67 bits per heavy atom.